The van der Waals surface area contributed by atoms with Crippen LogP contribution in [0.15, 0.2) is 18.7 Å². The van der Waals surface area contributed by atoms with Crippen LogP contribution in [0.25, 0.3) is 0 Å². The Morgan fingerprint density at radius 3 is 2.12 bits per heavy atom. The summed E-state index contributed by atoms with van der Waals surface area (Å²) in [4.78, 5) is 6.42. The van der Waals surface area contributed by atoms with E-state index in [1.807, 2.05) is 0 Å². The molecule has 1 aromatic rings. The molecular formula is C3H4BrClFeN2. The average Bonchev–Trinajstić information content (AvgIpc) is 1.76. The molecule has 0 saturated heterocycles. The predicted octanol–water partition coefficient (Wildman–Crippen LogP) is -5.58. The topological polar surface area (TPSA) is 28.7 Å². The fourth-order valence-corrected chi connectivity index (χ4v) is 0.215. The number of aromatic nitrogens is 2. The molecule has 1 rings (SSSR count). The van der Waals surface area contributed by atoms with Gasteiger partial charge >= 0.3 is 17.1 Å². The summed E-state index contributed by atoms with van der Waals surface area (Å²) in [6.07, 6.45) is 5.08. The zero-order valence-electron chi connectivity index (χ0n) is 3.79. The van der Waals surface area contributed by atoms with Crippen LogP contribution in [-0.2, 0) is 17.1 Å². The van der Waals surface area contributed by atoms with Crippen molar-refractivity contribution in [1.29, 1.82) is 0 Å². The van der Waals surface area contributed by atoms with E-state index in [0.717, 1.165) is 0 Å². The summed E-state index contributed by atoms with van der Waals surface area (Å²) in [5.41, 5.74) is 0. The molecule has 1 aromatic heterocycles. The van der Waals surface area contributed by atoms with Crippen molar-refractivity contribution in [2.45, 2.75) is 0 Å². The Morgan fingerprint density at radius 1 is 1.38 bits per heavy atom. The van der Waals surface area contributed by atoms with Crippen LogP contribution in [0.1, 0.15) is 0 Å². The number of nitrogens with zero attached hydrogens (tertiary/aromatic N) is 1. The second-order valence-electron chi connectivity index (χ2n) is 0.761. The molecule has 1 heterocycles. The molecule has 0 aliphatic heterocycles. The Bertz CT molecular complexity index is 73.8. The van der Waals surface area contributed by atoms with Gasteiger partial charge in [0.25, 0.3) is 0 Å². The fraction of sp³-hybridized carbons (Fsp3) is 0. The maximum absolute atomic E-state index is 3.67. The van der Waals surface area contributed by atoms with Crippen molar-refractivity contribution in [2.75, 3.05) is 0 Å². The minimum atomic E-state index is 0. The Balaban J connectivity index is -0.0000000833. The van der Waals surface area contributed by atoms with E-state index >= 15 is 0 Å². The summed E-state index contributed by atoms with van der Waals surface area (Å²) < 4.78 is 0. The van der Waals surface area contributed by atoms with Gasteiger partial charge in [-0.05, 0) is 0 Å². The monoisotopic (exact) mass is 238 g/mol. The number of rotatable bonds is 0. The first-order valence-electron chi connectivity index (χ1n) is 1.43. The van der Waals surface area contributed by atoms with E-state index in [0.29, 0.717) is 0 Å². The standard InChI is InChI=1S/C3H4N2.BrH.ClH.Fe/c1-2-5-3-4-1;;;/h1-3H,(H,4,5);2*1H;/q;;;+2/p-2. The number of hydrogen-bond acceptors (Lipinski definition) is 1. The fourth-order valence-electron chi connectivity index (χ4n) is 0.215. The number of hydrogen-bond donors (Lipinski definition) is 1. The minimum Gasteiger partial charge on any atom is -1.00 e. The largest absolute Gasteiger partial charge is 2.00 e. The Labute approximate surface area is 75.1 Å². The van der Waals surface area contributed by atoms with E-state index in [4.69, 9.17) is 0 Å². The Kier molecular flexibility index (Phi) is 20.7. The predicted molar refractivity (Wildman–Crippen MR) is 18.6 cm³/mol. The average molecular weight is 239 g/mol. The van der Waals surface area contributed by atoms with E-state index < -0.39 is 0 Å². The summed E-state index contributed by atoms with van der Waals surface area (Å²) in [7, 11) is 0. The summed E-state index contributed by atoms with van der Waals surface area (Å²) in [5.74, 6) is 0. The molecule has 0 radical (unpaired) electrons. The van der Waals surface area contributed by atoms with Crippen LogP contribution in [0, 0.1) is 0 Å². The summed E-state index contributed by atoms with van der Waals surface area (Å²) in [6.45, 7) is 0. The summed E-state index contributed by atoms with van der Waals surface area (Å²) in [5, 5.41) is 0. The minimum absolute atomic E-state index is 0. The quantitative estimate of drug-likeness (QED) is 0.449. The molecule has 0 aromatic carbocycles. The molecule has 8 heavy (non-hydrogen) atoms. The molecule has 2 nitrogen and oxygen atoms in total. The maximum Gasteiger partial charge on any atom is 2.00 e. The number of imidazole rings is 1. The van der Waals surface area contributed by atoms with Crippen molar-refractivity contribution in [3.8, 4) is 0 Å². The van der Waals surface area contributed by atoms with E-state index in [1.165, 1.54) is 0 Å². The van der Waals surface area contributed by atoms with Gasteiger partial charge in [0.05, 0.1) is 6.33 Å². The molecule has 0 bridgehead atoms. The summed E-state index contributed by atoms with van der Waals surface area (Å²) in [6, 6.07) is 0. The number of H-pyrrole nitrogens is 1. The van der Waals surface area contributed by atoms with Gasteiger partial charge in [0.2, 0.25) is 0 Å². The van der Waals surface area contributed by atoms with Gasteiger partial charge in [-0.25, -0.2) is 4.98 Å². The molecule has 0 saturated carbocycles. The van der Waals surface area contributed by atoms with Crippen LogP contribution in [0.3, 0.4) is 0 Å². The molecule has 0 fully saturated rings. The Hall–Kier alpha value is 0.499. The number of aromatic amines is 1. The van der Waals surface area contributed by atoms with E-state index in [9.17, 15) is 0 Å². The van der Waals surface area contributed by atoms with Crippen molar-refractivity contribution >= 4 is 0 Å². The molecule has 0 aliphatic rings. The summed E-state index contributed by atoms with van der Waals surface area (Å²) >= 11 is 0. The van der Waals surface area contributed by atoms with Gasteiger partial charge < -0.3 is 34.4 Å². The van der Waals surface area contributed by atoms with Crippen molar-refractivity contribution in [3.05, 3.63) is 18.7 Å². The maximum atomic E-state index is 3.67. The molecule has 0 aliphatic carbocycles. The second kappa shape index (κ2) is 10.5. The Morgan fingerprint density at radius 2 is 2.00 bits per heavy atom. The van der Waals surface area contributed by atoms with Crippen LogP contribution in [0.5, 0.6) is 0 Å². The molecule has 5 heteroatoms. The third-order valence-corrected chi connectivity index (χ3v) is 0.406. The zero-order chi connectivity index (χ0) is 3.54. The van der Waals surface area contributed by atoms with Crippen LogP contribution >= 0.6 is 0 Å². The first-order chi connectivity index (χ1) is 2.50. The number of halogens is 2. The molecule has 1 N–H and O–H groups in total. The van der Waals surface area contributed by atoms with Crippen LogP contribution in [-0.4, -0.2) is 9.97 Å². The molecule has 48 valence electrons. The van der Waals surface area contributed by atoms with Crippen LogP contribution < -0.4 is 29.4 Å². The van der Waals surface area contributed by atoms with Crippen LogP contribution in [0.4, 0.5) is 0 Å². The van der Waals surface area contributed by atoms with E-state index in [1.54, 1.807) is 18.7 Å². The van der Waals surface area contributed by atoms with Gasteiger partial charge in [0.1, 0.15) is 0 Å². The number of nitrogens with one attached hydrogen (secondary N) is 1. The van der Waals surface area contributed by atoms with Gasteiger partial charge in [0.15, 0.2) is 0 Å². The van der Waals surface area contributed by atoms with Crippen molar-refractivity contribution in [2.24, 2.45) is 0 Å². The van der Waals surface area contributed by atoms with Gasteiger partial charge in [-0.1, -0.05) is 0 Å². The third kappa shape index (κ3) is 6.50. The third-order valence-electron chi connectivity index (χ3n) is 0.406. The van der Waals surface area contributed by atoms with Gasteiger partial charge in [0, 0.05) is 12.4 Å². The first kappa shape index (κ1) is 15.8. The zero-order valence-corrected chi connectivity index (χ0v) is 7.23. The first-order valence-corrected chi connectivity index (χ1v) is 1.43. The molecule has 0 amide bonds. The smallest absolute Gasteiger partial charge is 1.00 e. The molecule has 0 unspecified atom stereocenters. The van der Waals surface area contributed by atoms with Gasteiger partial charge in [-0.15, -0.1) is 0 Å². The molecular weight excluding hydrogens is 235 g/mol. The second-order valence-corrected chi connectivity index (χ2v) is 0.761. The van der Waals surface area contributed by atoms with Crippen molar-refractivity contribution < 1.29 is 46.5 Å². The van der Waals surface area contributed by atoms with Crippen molar-refractivity contribution in [3.63, 3.8) is 0 Å². The molecule has 0 spiro atoms. The van der Waals surface area contributed by atoms with Crippen LogP contribution in [0.2, 0.25) is 0 Å². The van der Waals surface area contributed by atoms with E-state index in [2.05, 4.69) is 9.97 Å². The molecule has 0 atom stereocenters. The van der Waals surface area contributed by atoms with Gasteiger partial charge in [-0.2, -0.15) is 0 Å². The normalized spacial score (nSPS) is 5.00. The SMILES string of the molecule is [Br-].[Cl-].[Fe+2].c1c[nH]cn1. The van der Waals surface area contributed by atoms with E-state index in [-0.39, 0.29) is 46.5 Å². The van der Waals surface area contributed by atoms with Gasteiger partial charge in [-0.3, -0.25) is 0 Å². The van der Waals surface area contributed by atoms with Crippen molar-refractivity contribution in [1.82, 2.24) is 9.97 Å².